The molecule has 0 spiro atoms. The summed E-state index contributed by atoms with van der Waals surface area (Å²) in [6, 6.07) is 23.9. The van der Waals surface area contributed by atoms with Gasteiger partial charge in [-0.15, -0.1) is 0 Å². The number of hydrogen-bond acceptors (Lipinski definition) is 7. The number of halogens is 2. The van der Waals surface area contributed by atoms with Crippen molar-refractivity contribution in [1.29, 1.82) is 0 Å². The second kappa shape index (κ2) is 12.9. The van der Waals surface area contributed by atoms with E-state index in [0.29, 0.717) is 33.3 Å². The molecule has 5 aromatic rings. The topological polar surface area (TPSA) is 96.7 Å². The minimum Gasteiger partial charge on any atom is -0.489 e. The molecule has 0 aliphatic rings. The van der Waals surface area contributed by atoms with Crippen LogP contribution in [0.5, 0.6) is 5.75 Å². The number of para-hydroxylation sites is 1. The van der Waals surface area contributed by atoms with E-state index in [1.807, 2.05) is 30.3 Å². The van der Waals surface area contributed by atoms with Gasteiger partial charge < -0.3 is 14.2 Å². The lowest BCUT2D eigenvalue weighted by molar-refractivity contribution is 0.0599. The first kappa shape index (κ1) is 29.6. The predicted molar refractivity (Wildman–Crippen MR) is 166 cm³/mol. The van der Waals surface area contributed by atoms with E-state index >= 15 is 0 Å². The molecule has 43 heavy (non-hydrogen) atoms. The summed E-state index contributed by atoms with van der Waals surface area (Å²) >= 11 is 12.1. The molecular formula is C33H24Cl2N2O6. The lowest BCUT2D eigenvalue weighted by atomic mass is 10.1. The summed E-state index contributed by atoms with van der Waals surface area (Å²) in [5, 5.41) is 1.31. The molecule has 1 aromatic heterocycles. The van der Waals surface area contributed by atoms with E-state index in [1.54, 1.807) is 48.6 Å². The van der Waals surface area contributed by atoms with Crippen molar-refractivity contribution in [2.75, 3.05) is 14.2 Å². The molecule has 0 saturated carbocycles. The minimum absolute atomic E-state index is 0.0758. The highest BCUT2D eigenvalue weighted by Crippen LogP contribution is 2.24. The van der Waals surface area contributed by atoms with Gasteiger partial charge in [-0.05, 0) is 71.8 Å². The van der Waals surface area contributed by atoms with Gasteiger partial charge in [-0.2, -0.15) is 0 Å². The molecule has 1 heterocycles. The zero-order valence-electron chi connectivity index (χ0n) is 23.0. The van der Waals surface area contributed by atoms with Crippen molar-refractivity contribution in [3.05, 3.63) is 133 Å². The molecule has 5 rings (SSSR count). The number of rotatable bonds is 8. The zero-order chi connectivity index (χ0) is 30.5. The van der Waals surface area contributed by atoms with Gasteiger partial charge in [-0.3, -0.25) is 9.36 Å². The molecule has 0 atom stereocenters. The van der Waals surface area contributed by atoms with Crippen LogP contribution in [0.2, 0.25) is 10.0 Å². The van der Waals surface area contributed by atoms with Crippen LogP contribution in [0, 0.1) is 0 Å². The maximum atomic E-state index is 13.8. The largest absolute Gasteiger partial charge is 0.489 e. The average molecular weight is 615 g/mol. The van der Waals surface area contributed by atoms with Gasteiger partial charge in [-0.25, -0.2) is 14.6 Å². The maximum Gasteiger partial charge on any atom is 0.337 e. The number of ether oxygens (including phenoxy) is 3. The quantitative estimate of drug-likeness (QED) is 0.173. The Labute approximate surface area is 256 Å². The maximum absolute atomic E-state index is 13.8. The summed E-state index contributed by atoms with van der Waals surface area (Å²) in [5.74, 6) is -0.417. The van der Waals surface area contributed by atoms with Gasteiger partial charge in [-0.1, -0.05) is 59.6 Å². The highest BCUT2D eigenvalue weighted by atomic mass is 35.5. The Kier molecular flexibility index (Phi) is 8.90. The molecule has 0 saturated heterocycles. The van der Waals surface area contributed by atoms with Crippen LogP contribution in [0.25, 0.3) is 28.7 Å². The third-order valence-electron chi connectivity index (χ3n) is 6.51. The molecule has 0 bridgehead atoms. The van der Waals surface area contributed by atoms with Crippen LogP contribution in [0.4, 0.5) is 0 Å². The number of hydrogen-bond donors (Lipinski definition) is 0. The monoisotopic (exact) mass is 614 g/mol. The van der Waals surface area contributed by atoms with Gasteiger partial charge in [0.2, 0.25) is 0 Å². The predicted octanol–water partition coefficient (Wildman–Crippen LogP) is 7.02. The Bertz CT molecular complexity index is 1900. The zero-order valence-corrected chi connectivity index (χ0v) is 24.6. The van der Waals surface area contributed by atoms with E-state index in [4.69, 9.17) is 42.4 Å². The van der Waals surface area contributed by atoms with Crippen LogP contribution in [0.1, 0.15) is 37.7 Å². The summed E-state index contributed by atoms with van der Waals surface area (Å²) in [6.45, 7) is 0.317. The first-order valence-corrected chi connectivity index (χ1v) is 13.7. The molecule has 0 amide bonds. The van der Waals surface area contributed by atoms with E-state index in [1.165, 1.54) is 37.0 Å². The van der Waals surface area contributed by atoms with Gasteiger partial charge in [0.05, 0.1) is 52.0 Å². The second-order valence-corrected chi connectivity index (χ2v) is 10.1. The number of nitrogens with zero attached hydrogens (tertiary/aromatic N) is 2. The number of benzene rings is 4. The van der Waals surface area contributed by atoms with Crippen molar-refractivity contribution in [2.45, 2.75) is 6.61 Å². The summed E-state index contributed by atoms with van der Waals surface area (Å²) in [7, 11) is 2.46. The molecule has 8 nitrogen and oxygen atoms in total. The van der Waals surface area contributed by atoms with Gasteiger partial charge in [0.15, 0.2) is 0 Å². The van der Waals surface area contributed by atoms with Gasteiger partial charge in [0.1, 0.15) is 18.2 Å². The third-order valence-corrected chi connectivity index (χ3v) is 7.25. The number of carbonyl (C=O) groups is 2. The summed E-state index contributed by atoms with van der Waals surface area (Å²) in [5.41, 5.74) is 2.21. The second-order valence-electron chi connectivity index (χ2n) is 9.32. The van der Waals surface area contributed by atoms with Crippen LogP contribution >= 0.6 is 23.2 Å². The normalized spacial score (nSPS) is 11.1. The summed E-state index contributed by atoms with van der Waals surface area (Å²) in [6.07, 6.45) is 3.48. The molecule has 0 unspecified atom stereocenters. The van der Waals surface area contributed by atoms with Crippen molar-refractivity contribution in [3.63, 3.8) is 0 Å². The molecule has 0 N–H and O–H groups in total. The number of esters is 2. The Morgan fingerprint density at radius 1 is 0.814 bits per heavy atom. The van der Waals surface area contributed by atoms with E-state index in [2.05, 4.69) is 0 Å². The van der Waals surface area contributed by atoms with Crippen LogP contribution in [-0.4, -0.2) is 35.7 Å². The molecule has 0 aliphatic heterocycles. The van der Waals surface area contributed by atoms with Gasteiger partial charge in [0, 0.05) is 0 Å². The van der Waals surface area contributed by atoms with E-state index in [-0.39, 0.29) is 28.2 Å². The number of carbonyl (C=O) groups excluding carboxylic acids is 2. The first-order chi connectivity index (χ1) is 20.8. The van der Waals surface area contributed by atoms with E-state index < -0.39 is 11.9 Å². The Hall–Kier alpha value is -4.92. The standard InChI is InChI=1S/C33H24Cl2N2O6/c1-41-32(39)22-16-23(33(40)42-2)18-24(17-22)37-30(36-29-6-4-3-5-26(29)31(37)38)14-10-20-7-11-25(12-8-20)43-19-21-9-13-27(34)28(35)15-21/h3-18H,19H2,1-2H3/b14-10+. The Balaban J connectivity index is 1.51. The van der Waals surface area contributed by atoms with Crippen molar-refractivity contribution < 1.29 is 23.8 Å². The van der Waals surface area contributed by atoms with Crippen LogP contribution in [0.15, 0.2) is 89.7 Å². The third kappa shape index (κ3) is 6.61. The van der Waals surface area contributed by atoms with Crippen molar-refractivity contribution >= 4 is 58.2 Å². The molecule has 0 radical (unpaired) electrons. The van der Waals surface area contributed by atoms with E-state index in [9.17, 15) is 14.4 Å². The fourth-order valence-corrected chi connectivity index (χ4v) is 4.69. The number of methoxy groups -OCH3 is 2. The van der Waals surface area contributed by atoms with Gasteiger partial charge >= 0.3 is 11.9 Å². The lowest BCUT2D eigenvalue weighted by Crippen LogP contribution is -2.23. The molecule has 10 heteroatoms. The molecule has 216 valence electrons. The highest BCUT2D eigenvalue weighted by molar-refractivity contribution is 6.42. The van der Waals surface area contributed by atoms with Gasteiger partial charge in [0.25, 0.3) is 5.56 Å². The number of aromatic nitrogens is 2. The van der Waals surface area contributed by atoms with E-state index in [0.717, 1.165) is 11.1 Å². The first-order valence-electron chi connectivity index (χ1n) is 13.0. The van der Waals surface area contributed by atoms with Crippen LogP contribution < -0.4 is 10.3 Å². The fraction of sp³-hybridized carbons (Fsp3) is 0.0909. The number of fused-ring (bicyclic) bond motifs is 1. The summed E-state index contributed by atoms with van der Waals surface area (Å²) < 4.78 is 16.9. The summed E-state index contributed by atoms with van der Waals surface area (Å²) in [4.78, 5) is 43.3. The molecule has 0 aliphatic carbocycles. The molecule has 4 aromatic carbocycles. The van der Waals surface area contributed by atoms with Crippen LogP contribution in [0.3, 0.4) is 0 Å². The minimum atomic E-state index is -0.674. The highest BCUT2D eigenvalue weighted by Gasteiger charge is 2.18. The van der Waals surface area contributed by atoms with Crippen molar-refractivity contribution in [3.8, 4) is 11.4 Å². The van der Waals surface area contributed by atoms with Crippen LogP contribution in [-0.2, 0) is 16.1 Å². The SMILES string of the molecule is COC(=O)c1cc(C(=O)OC)cc(-n2c(/C=C/c3ccc(OCc4ccc(Cl)c(Cl)c4)cc3)nc3ccccc3c2=O)c1. The molecule has 0 fully saturated rings. The Morgan fingerprint density at radius 2 is 1.49 bits per heavy atom. The van der Waals surface area contributed by atoms with Crippen molar-refractivity contribution in [1.82, 2.24) is 9.55 Å². The van der Waals surface area contributed by atoms with Crippen molar-refractivity contribution in [2.24, 2.45) is 0 Å². The lowest BCUT2D eigenvalue weighted by Gasteiger charge is -2.14. The Morgan fingerprint density at radius 3 is 2.14 bits per heavy atom. The average Bonchev–Trinajstić information content (AvgIpc) is 3.03. The fourth-order valence-electron chi connectivity index (χ4n) is 4.36. The molecular weight excluding hydrogens is 591 g/mol. The smallest absolute Gasteiger partial charge is 0.337 e.